The van der Waals surface area contributed by atoms with E-state index in [1.54, 1.807) is 0 Å². The van der Waals surface area contributed by atoms with Crippen molar-refractivity contribution in [3.63, 3.8) is 0 Å². The predicted molar refractivity (Wildman–Crippen MR) is 363 cm³/mol. The Hall–Kier alpha value is -1.94. The Kier molecular flexibility index (Phi) is 61.8. The van der Waals surface area contributed by atoms with Crippen LogP contribution < -0.4 is 0 Å². The molecule has 0 spiro atoms. The zero-order chi connectivity index (χ0) is 66.5. The van der Waals surface area contributed by atoms with Crippen LogP contribution >= 0.6 is 15.6 Å². The molecule has 0 heterocycles. The van der Waals surface area contributed by atoms with E-state index in [1.807, 2.05) is 0 Å². The number of aliphatic hydroxyl groups excluding tert-OH is 1. The number of phosphoric acid groups is 2. The maximum atomic E-state index is 13.0. The topological polar surface area (TPSA) is 237 Å². The lowest BCUT2D eigenvalue weighted by Gasteiger charge is -2.21. The number of ether oxygens (including phenoxy) is 4. The highest BCUT2D eigenvalue weighted by Crippen LogP contribution is 2.45. The summed E-state index contributed by atoms with van der Waals surface area (Å²) in [5.41, 5.74) is 0. The minimum absolute atomic E-state index is 0.105. The molecule has 0 aromatic heterocycles. The van der Waals surface area contributed by atoms with Gasteiger partial charge >= 0.3 is 39.5 Å². The van der Waals surface area contributed by atoms with Crippen molar-refractivity contribution < 1.29 is 80.2 Å². The highest BCUT2D eigenvalue weighted by Gasteiger charge is 2.30. The standard InChI is InChI=1S/C71H138O17P2/c1-7-9-11-13-15-17-19-20-21-22-24-30-37-43-49-55-70(75)87-66(60-82-69(74)54-48-42-36-31-25-27-33-39-45-51-63(3)4)61-85-89(77,78)83-57-65(72)58-84-90(79,80)86-62-67(59-81-68(73)53-47-41-35-29-23-18-16-14-12-10-8-2)88-71(76)56-50-44-38-32-26-28-34-40-46-52-64(5)6/h63-67,72H,7-62H2,1-6H3,(H,77,78)(H,79,80)/t65-,66-,67-/m1/s1. The van der Waals surface area contributed by atoms with Gasteiger partial charge in [-0.15, -0.1) is 0 Å². The molecule has 0 rings (SSSR count). The number of phosphoric ester groups is 2. The van der Waals surface area contributed by atoms with E-state index in [9.17, 15) is 43.2 Å². The van der Waals surface area contributed by atoms with Crippen LogP contribution in [-0.2, 0) is 65.4 Å². The summed E-state index contributed by atoms with van der Waals surface area (Å²) in [6.45, 7) is 9.52. The van der Waals surface area contributed by atoms with E-state index in [1.165, 1.54) is 180 Å². The van der Waals surface area contributed by atoms with Crippen molar-refractivity contribution in [2.75, 3.05) is 39.6 Å². The number of rotatable bonds is 70. The molecule has 0 amide bonds. The summed E-state index contributed by atoms with van der Waals surface area (Å²) in [6, 6.07) is 0. The first kappa shape index (κ1) is 88.1. The van der Waals surface area contributed by atoms with E-state index in [0.29, 0.717) is 25.7 Å². The molecule has 0 radical (unpaired) electrons. The summed E-state index contributed by atoms with van der Waals surface area (Å²) in [5, 5.41) is 10.6. The second kappa shape index (κ2) is 63.1. The Morgan fingerprint density at radius 3 is 0.756 bits per heavy atom. The average molecular weight is 1330 g/mol. The molecular formula is C71H138O17P2. The van der Waals surface area contributed by atoms with Gasteiger partial charge in [-0.05, 0) is 37.5 Å². The molecule has 19 heteroatoms. The molecule has 0 aliphatic rings. The molecule has 0 aromatic rings. The maximum absolute atomic E-state index is 13.0. The minimum atomic E-state index is -4.95. The lowest BCUT2D eigenvalue weighted by Crippen LogP contribution is -2.30. The van der Waals surface area contributed by atoms with Crippen molar-refractivity contribution in [2.24, 2.45) is 11.8 Å². The Labute approximate surface area is 549 Å². The first-order valence-electron chi connectivity index (χ1n) is 37.0. The van der Waals surface area contributed by atoms with Crippen molar-refractivity contribution in [1.29, 1.82) is 0 Å². The van der Waals surface area contributed by atoms with E-state index < -0.39 is 97.5 Å². The smallest absolute Gasteiger partial charge is 0.462 e. The number of aliphatic hydroxyl groups is 1. The van der Waals surface area contributed by atoms with Crippen molar-refractivity contribution in [3.8, 4) is 0 Å². The fourth-order valence-electron chi connectivity index (χ4n) is 10.8. The van der Waals surface area contributed by atoms with Crippen LogP contribution in [0, 0.1) is 11.8 Å². The van der Waals surface area contributed by atoms with Gasteiger partial charge in [0.05, 0.1) is 26.4 Å². The molecule has 0 bridgehead atoms. The van der Waals surface area contributed by atoms with Gasteiger partial charge in [-0.1, -0.05) is 311 Å². The first-order valence-corrected chi connectivity index (χ1v) is 40.0. The number of esters is 4. The average Bonchev–Trinajstić information content (AvgIpc) is 3.72. The first-order chi connectivity index (χ1) is 43.4. The monoisotopic (exact) mass is 1320 g/mol. The minimum Gasteiger partial charge on any atom is -0.462 e. The van der Waals surface area contributed by atoms with Crippen molar-refractivity contribution in [2.45, 2.75) is 381 Å². The van der Waals surface area contributed by atoms with Gasteiger partial charge in [0.2, 0.25) is 0 Å². The number of unbranched alkanes of at least 4 members (excludes halogenated alkanes) is 40. The molecule has 0 fully saturated rings. The normalized spacial score (nSPS) is 14.1. The summed E-state index contributed by atoms with van der Waals surface area (Å²) in [7, 11) is -9.90. The molecule has 0 aromatic carbocycles. The van der Waals surface area contributed by atoms with Crippen LogP contribution in [-0.4, -0.2) is 96.7 Å². The van der Waals surface area contributed by atoms with E-state index in [4.69, 9.17) is 37.0 Å². The Morgan fingerprint density at radius 1 is 0.300 bits per heavy atom. The molecule has 0 aliphatic carbocycles. The third kappa shape index (κ3) is 64.8. The summed E-state index contributed by atoms with van der Waals surface area (Å²) in [6.07, 6.45) is 48.5. The van der Waals surface area contributed by atoms with Gasteiger partial charge in [0.25, 0.3) is 0 Å². The van der Waals surface area contributed by atoms with Gasteiger partial charge in [0.15, 0.2) is 12.2 Å². The summed E-state index contributed by atoms with van der Waals surface area (Å²) in [5.74, 6) is -0.641. The second-order valence-corrected chi connectivity index (χ2v) is 29.5. The molecule has 534 valence electrons. The highest BCUT2D eigenvalue weighted by molar-refractivity contribution is 7.47. The third-order valence-corrected chi connectivity index (χ3v) is 18.4. The van der Waals surface area contributed by atoms with Gasteiger partial charge in [0.1, 0.15) is 19.3 Å². The van der Waals surface area contributed by atoms with E-state index in [0.717, 1.165) is 102 Å². The Balaban J connectivity index is 5.25. The predicted octanol–water partition coefficient (Wildman–Crippen LogP) is 20.4. The van der Waals surface area contributed by atoms with Crippen LogP contribution in [0.4, 0.5) is 0 Å². The molecule has 0 saturated carbocycles. The van der Waals surface area contributed by atoms with Crippen LogP contribution in [0.3, 0.4) is 0 Å². The van der Waals surface area contributed by atoms with Crippen molar-refractivity contribution in [3.05, 3.63) is 0 Å². The van der Waals surface area contributed by atoms with Gasteiger partial charge < -0.3 is 33.8 Å². The molecule has 5 atom stereocenters. The zero-order valence-electron chi connectivity index (χ0n) is 58.4. The van der Waals surface area contributed by atoms with Crippen LogP contribution in [0.15, 0.2) is 0 Å². The summed E-state index contributed by atoms with van der Waals surface area (Å²) in [4.78, 5) is 72.6. The maximum Gasteiger partial charge on any atom is 0.472 e. The molecule has 2 unspecified atom stereocenters. The lowest BCUT2D eigenvalue weighted by atomic mass is 10.0. The summed E-state index contributed by atoms with van der Waals surface area (Å²) < 4.78 is 68.3. The van der Waals surface area contributed by atoms with Crippen LogP contribution in [0.2, 0.25) is 0 Å². The van der Waals surface area contributed by atoms with Crippen LogP contribution in [0.1, 0.15) is 363 Å². The number of hydrogen-bond donors (Lipinski definition) is 3. The molecule has 90 heavy (non-hydrogen) atoms. The fraction of sp³-hybridized carbons (Fsp3) is 0.944. The van der Waals surface area contributed by atoms with Crippen LogP contribution in [0.5, 0.6) is 0 Å². The molecule has 17 nitrogen and oxygen atoms in total. The third-order valence-electron chi connectivity index (χ3n) is 16.5. The molecular weight excluding hydrogens is 1190 g/mol. The van der Waals surface area contributed by atoms with Crippen molar-refractivity contribution in [1.82, 2.24) is 0 Å². The second-order valence-electron chi connectivity index (χ2n) is 26.6. The number of carbonyl (C=O) groups excluding carboxylic acids is 4. The molecule has 0 aliphatic heterocycles. The molecule has 3 N–H and O–H groups in total. The number of hydrogen-bond acceptors (Lipinski definition) is 15. The van der Waals surface area contributed by atoms with E-state index in [-0.39, 0.29) is 25.7 Å². The fourth-order valence-corrected chi connectivity index (χ4v) is 12.3. The Bertz CT molecular complexity index is 1750. The summed E-state index contributed by atoms with van der Waals surface area (Å²) >= 11 is 0. The lowest BCUT2D eigenvalue weighted by molar-refractivity contribution is -0.161. The van der Waals surface area contributed by atoms with Gasteiger partial charge in [0, 0.05) is 25.7 Å². The van der Waals surface area contributed by atoms with Gasteiger partial charge in [-0.25, -0.2) is 9.13 Å². The quantitative estimate of drug-likeness (QED) is 0.0222. The molecule has 0 saturated heterocycles. The largest absolute Gasteiger partial charge is 0.472 e. The SMILES string of the molecule is CCCCCCCCCCCCCCCCCC(=O)O[C@H](COC(=O)CCCCCCCCCCCC(C)C)COP(=O)(O)OC[C@@H](O)COP(=O)(O)OC[C@@H](COC(=O)CCCCCCCCCCCCC)OC(=O)CCCCCCCCCCCC(C)C. The van der Waals surface area contributed by atoms with E-state index >= 15 is 0 Å². The highest BCUT2D eigenvalue weighted by atomic mass is 31.2. The van der Waals surface area contributed by atoms with E-state index in [2.05, 4.69) is 41.5 Å². The zero-order valence-corrected chi connectivity index (χ0v) is 60.2. The number of carbonyl (C=O) groups is 4. The van der Waals surface area contributed by atoms with Gasteiger partial charge in [-0.3, -0.25) is 37.3 Å². The van der Waals surface area contributed by atoms with Crippen LogP contribution in [0.25, 0.3) is 0 Å². The van der Waals surface area contributed by atoms with Crippen molar-refractivity contribution >= 4 is 39.5 Å². The van der Waals surface area contributed by atoms with Gasteiger partial charge in [-0.2, -0.15) is 0 Å². The Morgan fingerprint density at radius 2 is 0.511 bits per heavy atom.